The fourth-order valence-corrected chi connectivity index (χ4v) is 5.18. The van der Waals surface area contributed by atoms with Crippen molar-refractivity contribution < 1.29 is 4.79 Å². The maximum atomic E-state index is 12.4. The van der Waals surface area contributed by atoms with Gasteiger partial charge in [0.05, 0.1) is 5.41 Å². The Labute approximate surface area is 138 Å². The predicted molar refractivity (Wildman–Crippen MR) is 92.0 cm³/mol. The average Bonchev–Trinajstić information content (AvgIpc) is 3.11. The van der Waals surface area contributed by atoms with Gasteiger partial charge in [0.15, 0.2) is 0 Å². The highest BCUT2D eigenvalue weighted by Crippen LogP contribution is 2.59. The highest BCUT2D eigenvalue weighted by Gasteiger charge is 2.59. The van der Waals surface area contributed by atoms with Crippen LogP contribution in [0.15, 0.2) is 35.5 Å². The van der Waals surface area contributed by atoms with Crippen LogP contribution in [0, 0.1) is 12.3 Å². The summed E-state index contributed by atoms with van der Waals surface area (Å²) in [5.41, 5.74) is 5.26. The maximum absolute atomic E-state index is 12.4. The van der Waals surface area contributed by atoms with E-state index in [0.29, 0.717) is 6.04 Å². The van der Waals surface area contributed by atoms with Gasteiger partial charge in [-0.1, -0.05) is 25.1 Å². The number of anilines is 1. The normalized spacial score (nSPS) is 28.3. The van der Waals surface area contributed by atoms with E-state index in [2.05, 4.69) is 49.1 Å². The molecule has 1 aromatic carbocycles. The van der Waals surface area contributed by atoms with E-state index < -0.39 is 0 Å². The summed E-state index contributed by atoms with van der Waals surface area (Å²) in [5, 5.41) is 0. The monoisotopic (exact) mass is 306 g/mol. The fourth-order valence-electron chi connectivity index (χ4n) is 5.18. The molecule has 2 atom stereocenters. The summed E-state index contributed by atoms with van der Waals surface area (Å²) in [6.45, 7) is 2.93. The summed E-state index contributed by atoms with van der Waals surface area (Å²) < 4.78 is 0. The highest BCUT2D eigenvalue weighted by atomic mass is 16.2. The van der Waals surface area contributed by atoms with E-state index in [1.807, 2.05) is 4.90 Å². The average molecular weight is 306 g/mol. The summed E-state index contributed by atoms with van der Waals surface area (Å²) in [6.07, 6.45) is 9.62. The van der Waals surface area contributed by atoms with Crippen LogP contribution in [-0.2, 0) is 10.2 Å². The SMILES string of the molecule is C#CC(=O)N1CC[C@@]23C1=C(CC)CC[C@@H]2N(C)c1ccccc13. The van der Waals surface area contributed by atoms with Crippen molar-refractivity contribution in [2.75, 3.05) is 18.5 Å². The van der Waals surface area contributed by atoms with Gasteiger partial charge >= 0.3 is 5.91 Å². The van der Waals surface area contributed by atoms with Crippen LogP contribution in [0.1, 0.15) is 38.2 Å². The molecule has 2 aliphatic heterocycles. The third kappa shape index (κ3) is 1.64. The van der Waals surface area contributed by atoms with Crippen molar-refractivity contribution in [2.45, 2.75) is 44.1 Å². The standard InChI is InChI=1S/C20H22N2O/c1-4-14-10-11-17-20(12-13-22(19(14)20)18(23)5-2)15-8-6-7-9-16(15)21(17)3/h2,6-9,17H,4,10-13H2,1,3H3/t17-,20-/m0/s1. The molecular formula is C20H22N2O. The van der Waals surface area contributed by atoms with Crippen LogP contribution in [0.4, 0.5) is 5.69 Å². The lowest BCUT2D eigenvalue weighted by molar-refractivity contribution is -0.122. The molecule has 2 heterocycles. The Morgan fingerprint density at radius 3 is 2.96 bits per heavy atom. The first-order valence-corrected chi connectivity index (χ1v) is 8.48. The number of likely N-dealkylation sites (tertiary alicyclic amines) is 1. The Bertz CT molecular complexity index is 757. The Kier molecular flexibility index (Phi) is 3.06. The maximum Gasteiger partial charge on any atom is 0.302 e. The minimum Gasteiger partial charge on any atom is -0.370 e. The van der Waals surface area contributed by atoms with Crippen molar-refractivity contribution in [2.24, 2.45) is 0 Å². The number of benzene rings is 1. The number of rotatable bonds is 1. The molecule has 0 unspecified atom stereocenters. The minimum absolute atomic E-state index is 0.0541. The molecule has 23 heavy (non-hydrogen) atoms. The van der Waals surface area contributed by atoms with Crippen LogP contribution in [0.2, 0.25) is 0 Å². The number of allylic oxidation sites excluding steroid dienone is 1. The first-order chi connectivity index (χ1) is 11.1. The van der Waals surface area contributed by atoms with Crippen LogP contribution in [0.25, 0.3) is 0 Å². The Hall–Kier alpha value is -2.21. The van der Waals surface area contributed by atoms with Crippen LogP contribution in [0.5, 0.6) is 0 Å². The Morgan fingerprint density at radius 1 is 1.43 bits per heavy atom. The molecule has 1 fully saturated rings. The van der Waals surface area contributed by atoms with E-state index in [9.17, 15) is 4.79 Å². The van der Waals surface area contributed by atoms with Gasteiger partial charge < -0.3 is 9.80 Å². The van der Waals surface area contributed by atoms with E-state index in [4.69, 9.17) is 6.42 Å². The molecule has 0 bridgehead atoms. The number of carbonyl (C=O) groups is 1. The van der Waals surface area contributed by atoms with Gasteiger partial charge in [0, 0.05) is 31.0 Å². The van der Waals surface area contributed by atoms with Crippen molar-refractivity contribution in [3.8, 4) is 12.3 Å². The smallest absolute Gasteiger partial charge is 0.302 e. The van der Waals surface area contributed by atoms with E-state index in [0.717, 1.165) is 32.2 Å². The second kappa shape index (κ2) is 4.89. The highest BCUT2D eigenvalue weighted by molar-refractivity contribution is 5.95. The van der Waals surface area contributed by atoms with Crippen LogP contribution >= 0.6 is 0 Å². The predicted octanol–water partition coefficient (Wildman–Crippen LogP) is 3.07. The molecule has 3 nitrogen and oxygen atoms in total. The van der Waals surface area contributed by atoms with Crippen molar-refractivity contribution in [1.29, 1.82) is 0 Å². The minimum atomic E-state index is -0.185. The number of para-hydroxylation sites is 1. The second-order valence-electron chi connectivity index (χ2n) is 6.81. The zero-order valence-corrected chi connectivity index (χ0v) is 13.8. The molecule has 3 heteroatoms. The second-order valence-corrected chi connectivity index (χ2v) is 6.81. The molecule has 0 saturated carbocycles. The Balaban J connectivity index is 1.98. The van der Waals surface area contributed by atoms with Crippen LogP contribution in [0.3, 0.4) is 0 Å². The molecule has 3 aliphatic rings. The van der Waals surface area contributed by atoms with E-state index in [-0.39, 0.29) is 11.3 Å². The third-order valence-corrected chi connectivity index (χ3v) is 6.07. The topological polar surface area (TPSA) is 23.6 Å². The molecule has 118 valence electrons. The molecule has 0 aromatic heterocycles. The van der Waals surface area contributed by atoms with Crippen molar-refractivity contribution >= 4 is 11.6 Å². The summed E-state index contributed by atoms with van der Waals surface area (Å²) >= 11 is 0. The van der Waals surface area contributed by atoms with Crippen molar-refractivity contribution in [3.63, 3.8) is 0 Å². The third-order valence-electron chi connectivity index (χ3n) is 6.07. The number of hydrogen-bond donors (Lipinski definition) is 0. The van der Waals surface area contributed by atoms with Gasteiger partial charge in [-0.15, -0.1) is 6.42 Å². The molecule has 0 radical (unpaired) electrons. The number of likely N-dealkylation sites (N-methyl/N-ethyl adjacent to an activating group) is 1. The fraction of sp³-hybridized carbons (Fsp3) is 0.450. The zero-order chi connectivity index (χ0) is 16.2. The molecule has 1 amide bonds. The van der Waals surface area contributed by atoms with Gasteiger partial charge in [0.25, 0.3) is 0 Å². The lowest BCUT2D eigenvalue weighted by atomic mass is 9.67. The number of nitrogens with zero attached hydrogens (tertiary/aromatic N) is 2. The number of amides is 1. The van der Waals surface area contributed by atoms with Gasteiger partial charge in [-0.05, 0) is 48.8 Å². The first kappa shape index (κ1) is 14.4. The van der Waals surface area contributed by atoms with Gasteiger partial charge in [-0.25, -0.2) is 0 Å². The lowest BCUT2D eigenvalue weighted by Crippen LogP contribution is -2.47. The molecule has 1 aromatic rings. The van der Waals surface area contributed by atoms with E-state index >= 15 is 0 Å². The summed E-state index contributed by atoms with van der Waals surface area (Å²) in [5.74, 6) is 2.15. The molecule has 4 rings (SSSR count). The molecule has 1 spiro atoms. The number of hydrogen-bond acceptors (Lipinski definition) is 2. The Morgan fingerprint density at radius 2 is 2.22 bits per heavy atom. The van der Waals surface area contributed by atoms with Gasteiger partial charge in [-0.2, -0.15) is 0 Å². The number of fused-ring (bicyclic) bond motifs is 1. The number of carbonyl (C=O) groups excluding carboxylic acids is 1. The van der Waals surface area contributed by atoms with E-state index in [1.165, 1.54) is 22.5 Å². The largest absolute Gasteiger partial charge is 0.370 e. The van der Waals surface area contributed by atoms with E-state index in [1.54, 1.807) is 0 Å². The van der Waals surface area contributed by atoms with Gasteiger partial charge in [0.1, 0.15) is 0 Å². The molecule has 0 N–H and O–H groups in total. The summed E-state index contributed by atoms with van der Waals surface area (Å²) in [7, 11) is 2.19. The summed E-state index contributed by atoms with van der Waals surface area (Å²) in [6, 6.07) is 9.10. The zero-order valence-electron chi connectivity index (χ0n) is 13.8. The van der Waals surface area contributed by atoms with Gasteiger partial charge in [0.2, 0.25) is 0 Å². The van der Waals surface area contributed by atoms with Crippen molar-refractivity contribution in [1.82, 2.24) is 4.90 Å². The first-order valence-electron chi connectivity index (χ1n) is 8.48. The van der Waals surface area contributed by atoms with Crippen molar-refractivity contribution in [3.05, 3.63) is 41.1 Å². The quantitative estimate of drug-likeness (QED) is 0.745. The molecule has 1 saturated heterocycles. The lowest BCUT2D eigenvalue weighted by Gasteiger charge is -2.42. The van der Waals surface area contributed by atoms with Gasteiger partial charge in [-0.3, -0.25) is 4.79 Å². The molecule has 1 aliphatic carbocycles. The van der Waals surface area contributed by atoms with Crippen LogP contribution in [-0.4, -0.2) is 30.4 Å². The molecular weight excluding hydrogens is 284 g/mol. The summed E-state index contributed by atoms with van der Waals surface area (Å²) in [4.78, 5) is 16.7. The number of terminal acetylenes is 1. The van der Waals surface area contributed by atoms with Crippen LogP contribution < -0.4 is 4.90 Å².